The molecule has 0 spiro atoms. The molecular formula is C7H13F. The van der Waals surface area contributed by atoms with Gasteiger partial charge in [-0.25, -0.2) is 4.39 Å². The molecule has 0 saturated heterocycles. The standard InChI is InChI=1S/C7H13F/c1-4-5-7(8)6(2)3/h4-5H2,1-3H3. The molecule has 1 heteroatoms. The molecule has 0 aliphatic heterocycles. The first kappa shape index (κ1) is 7.67. The van der Waals surface area contributed by atoms with Crippen molar-refractivity contribution >= 4 is 0 Å². The van der Waals surface area contributed by atoms with Gasteiger partial charge in [0.1, 0.15) is 0 Å². The summed E-state index contributed by atoms with van der Waals surface area (Å²) in [5.41, 5.74) is 0.812. The molecule has 0 bridgehead atoms. The summed E-state index contributed by atoms with van der Waals surface area (Å²) in [6.07, 6.45) is 1.50. The highest BCUT2D eigenvalue weighted by atomic mass is 19.1. The Morgan fingerprint density at radius 2 is 1.88 bits per heavy atom. The Morgan fingerprint density at radius 3 is 2.00 bits per heavy atom. The van der Waals surface area contributed by atoms with Gasteiger partial charge in [-0.1, -0.05) is 6.92 Å². The van der Waals surface area contributed by atoms with Crippen LogP contribution in [0.2, 0.25) is 0 Å². The topological polar surface area (TPSA) is 0 Å². The maximum Gasteiger partial charge on any atom is 0.0985 e. The minimum Gasteiger partial charge on any atom is -0.212 e. The van der Waals surface area contributed by atoms with Crippen molar-refractivity contribution in [1.82, 2.24) is 0 Å². The van der Waals surface area contributed by atoms with E-state index in [0.29, 0.717) is 6.42 Å². The fraction of sp³-hybridized carbons (Fsp3) is 0.714. The van der Waals surface area contributed by atoms with Gasteiger partial charge in [0.2, 0.25) is 0 Å². The fourth-order valence-electron chi connectivity index (χ4n) is 0.469. The zero-order chi connectivity index (χ0) is 6.57. The molecule has 0 amide bonds. The van der Waals surface area contributed by atoms with Crippen LogP contribution in [0.1, 0.15) is 33.6 Å². The van der Waals surface area contributed by atoms with Crippen LogP contribution in [0.3, 0.4) is 0 Å². The van der Waals surface area contributed by atoms with E-state index in [-0.39, 0.29) is 5.83 Å². The van der Waals surface area contributed by atoms with Crippen molar-refractivity contribution in [3.63, 3.8) is 0 Å². The molecule has 0 rings (SSSR count). The molecule has 0 nitrogen and oxygen atoms in total. The third-order valence-electron chi connectivity index (χ3n) is 1.01. The first-order valence-corrected chi connectivity index (χ1v) is 3.00. The van der Waals surface area contributed by atoms with Crippen LogP contribution >= 0.6 is 0 Å². The molecule has 0 atom stereocenters. The van der Waals surface area contributed by atoms with E-state index in [1.807, 2.05) is 6.92 Å². The maximum absolute atomic E-state index is 12.4. The lowest BCUT2D eigenvalue weighted by Gasteiger charge is -1.93. The number of allylic oxidation sites excluding steroid dienone is 2. The van der Waals surface area contributed by atoms with E-state index in [1.165, 1.54) is 0 Å². The van der Waals surface area contributed by atoms with Crippen molar-refractivity contribution in [1.29, 1.82) is 0 Å². The number of halogens is 1. The van der Waals surface area contributed by atoms with Crippen LogP contribution in [-0.2, 0) is 0 Å². The second-order valence-electron chi connectivity index (χ2n) is 2.15. The predicted molar refractivity (Wildman–Crippen MR) is 34.4 cm³/mol. The first-order valence-electron chi connectivity index (χ1n) is 3.00. The quantitative estimate of drug-likeness (QED) is 0.520. The predicted octanol–water partition coefficient (Wildman–Crippen LogP) is 3.05. The molecule has 48 valence electrons. The Kier molecular flexibility index (Phi) is 3.49. The minimum atomic E-state index is 0.0486. The molecule has 0 aromatic rings. The summed E-state index contributed by atoms with van der Waals surface area (Å²) in [4.78, 5) is 0. The van der Waals surface area contributed by atoms with Crippen molar-refractivity contribution in [2.45, 2.75) is 33.6 Å². The van der Waals surface area contributed by atoms with Crippen molar-refractivity contribution in [3.05, 3.63) is 11.4 Å². The van der Waals surface area contributed by atoms with Crippen molar-refractivity contribution in [3.8, 4) is 0 Å². The second-order valence-corrected chi connectivity index (χ2v) is 2.15. The molecular weight excluding hydrogens is 103 g/mol. The molecule has 0 saturated carbocycles. The van der Waals surface area contributed by atoms with Crippen molar-refractivity contribution in [2.75, 3.05) is 0 Å². The third-order valence-corrected chi connectivity index (χ3v) is 1.01. The van der Waals surface area contributed by atoms with E-state index >= 15 is 0 Å². The van der Waals surface area contributed by atoms with E-state index in [2.05, 4.69) is 0 Å². The highest BCUT2D eigenvalue weighted by Crippen LogP contribution is 2.10. The van der Waals surface area contributed by atoms with Crippen LogP contribution < -0.4 is 0 Å². The molecule has 0 aliphatic carbocycles. The van der Waals surface area contributed by atoms with Crippen LogP contribution in [0, 0.1) is 0 Å². The fourth-order valence-corrected chi connectivity index (χ4v) is 0.469. The van der Waals surface area contributed by atoms with Crippen LogP contribution in [0.5, 0.6) is 0 Å². The van der Waals surface area contributed by atoms with Crippen molar-refractivity contribution in [2.24, 2.45) is 0 Å². The molecule has 0 radical (unpaired) electrons. The van der Waals surface area contributed by atoms with Gasteiger partial charge in [0.25, 0.3) is 0 Å². The Hall–Kier alpha value is -0.330. The first-order chi connectivity index (χ1) is 3.68. The summed E-state index contributed by atoms with van der Waals surface area (Å²) >= 11 is 0. The van der Waals surface area contributed by atoms with Crippen LogP contribution in [0.15, 0.2) is 11.4 Å². The van der Waals surface area contributed by atoms with Gasteiger partial charge in [0, 0.05) is 0 Å². The Labute approximate surface area is 50.4 Å². The van der Waals surface area contributed by atoms with Gasteiger partial charge in [0.15, 0.2) is 0 Å². The second kappa shape index (κ2) is 3.65. The van der Waals surface area contributed by atoms with Crippen LogP contribution in [-0.4, -0.2) is 0 Å². The zero-order valence-electron chi connectivity index (χ0n) is 5.79. The molecule has 0 aliphatic rings. The van der Waals surface area contributed by atoms with Crippen LogP contribution in [0.25, 0.3) is 0 Å². The molecule has 0 unspecified atom stereocenters. The minimum absolute atomic E-state index is 0.0486. The lowest BCUT2D eigenvalue weighted by molar-refractivity contribution is 0.572. The highest BCUT2D eigenvalue weighted by molar-refractivity contribution is 5.00. The summed E-state index contributed by atoms with van der Waals surface area (Å²) in [5, 5.41) is 0. The molecule has 8 heavy (non-hydrogen) atoms. The Morgan fingerprint density at radius 1 is 1.38 bits per heavy atom. The third kappa shape index (κ3) is 2.78. The normalized spacial score (nSPS) is 9.00. The number of hydrogen-bond donors (Lipinski definition) is 0. The van der Waals surface area contributed by atoms with Gasteiger partial charge >= 0.3 is 0 Å². The molecule has 0 aromatic heterocycles. The number of rotatable bonds is 2. The largest absolute Gasteiger partial charge is 0.212 e. The summed E-state index contributed by atoms with van der Waals surface area (Å²) in [7, 11) is 0. The lowest BCUT2D eigenvalue weighted by atomic mass is 10.2. The summed E-state index contributed by atoms with van der Waals surface area (Å²) < 4.78 is 12.4. The van der Waals surface area contributed by atoms with E-state index in [1.54, 1.807) is 13.8 Å². The summed E-state index contributed by atoms with van der Waals surface area (Å²) in [6.45, 7) is 5.57. The van der Waals surface area contributed by atoms with Gasteiger partial charge in [-0.05, 0) is 32.3 Å². The van der Waals surface area contributed by atoms with Gasteiger partial charge in [-0.3, -0.25) is 0 Å². The van der Waals surface area contributed by atoms with E-state index in [4.69, 9.17) is 0 Å². The zero-order valence-corrected chi connectivity index (χ0v) is 5.79. The van der Waals surface area contributed by atoms with E-state index in [9.17, 15) is 4.39 Å². The van der Waals surface area contributed by atoms with Crippen LogP contribution in [0.4, 0.5) is 4.39 Å². The van der Waals surface area contributed by atoms with E-state index < -0.39 is 0 Å². The summed E-state index contributed by atoms with van der Waals surface area (Å²) in [5.74, 6) is 0.0486. The lowest BCUT2D eigenvalue weighted by Crippen LogP contribution is -1.75. The number of hydrogen-bond acceptors (Lipinski definition) is 0. The molecule has 0 heterocycles. The smallest absolute Gasteiger partial charge is 0.0985 e. The van der Waals surface area contributed by atoms with Crippen molar-refractivity contribution < 1.29 is 4.39 Å². The average Bonchev–Trinajstić information content (AvgIpc) is 1.67. The summed E-state index contributed by atoms with van der Waals surface area (Å²) in [6, 6.07) is 0. The Bertz CT molecular complexity index is 88.6. The Balaban J connectivity index is 3.62. The maximum atomic E-state index is 12.4. The van der Waals surface area contributed by atoms with E-state index in [0.717, 1.165) is 12.0 Å². The molecule has 0 fully saturated rings. The van der Waals surface area contributed by atoms with Gasteiger partial charge < -0.3 is 0 Å². The van der Waals surface area contributed by atoms with Gasteiger partial charge in [0.05, 0.1) is 5.83 Å². The SMILES string of the molecule is CCCC(F)=C(C)C. The van der Waals surface area contributed by atoms with Gasteiger partial charge in [-0.2, -0.15) is 0 Å². The monoisotopic (exact) mass is 116 g/mol. The van der Waals surface area contributed by atoms with Gasteiger partial charge in [-0.15, -0.1) is 0 Å². The molecule has 0 aromatic carbocycles. The average molecular weight is 116 g/mol. The highest BCUT2D eigenvalue weighted by Gasteiger charge is 1.92. The molecule has 0 N–H and O–H groups in total.